The van der Waals surface area contributed by atoms with Gasteiger partial charge in [-0.25, -0.2) is 4.79 Å². The van der Waals surface area contributed by atoms with Gasteiger partial charge in [0.15, 0.2) is 28.9 Å². The van der Waals surface area contributed by atoms with Gasteiger partial charge in [-0.15, -0.1) is 0 Å². The number of hydrogen-bond donors (Lipinski definition) is 3. The minimum Gasteiger partial charge on any atom is -0.491 e. The summed E-state index contributed by atoms with van der Waals surface area (Å²) in [5, 5.41) is 9.22. The van der Waals surface area contributed by atoms with E-state index in [-0.39, 0.29) is 68.5 Å². The van der Waals surface area contributed by atoms with Gasteiger partial charge >= 0.3 is 5.97 Å². The van der Waals surface area contributed by atoms with Gasteiger partial charge in [0.05, 0.1) is 40.6 Å². The highest BCUT2D eigenvalue weighted by Gasteiger charge is 2.44. The summed E-state index contributed by atoms with van der Waals surface area (Å²) >= 11 is 0. The zero-order valence-corrected chi connectivity index (χ0v) is 21.0. The van der Waals surface area contributed by atoms with Crippen molar-refractivity contribution in [1.82, 2.24) is 19.2 Å². The molecule has 2 fully saturated rings. The first-order valence-corrected chi connectivity index (χ1v) is 11.9. The molecular weight excluding hydrogens is 544 g/mol. The van der Waals surface area contributed by atoms with Gasteiger partial charge in [0.2, 0.25) is 10.9 Å². The maximum Gasteiger partial charge on any atom is 0.328 e. The van der Waals surface area contributed by atoms with E-state index in [2.05, 4.69) is 10.9 Å². The largest absolute Gasteiger partial charge is 0.491 e. The molecule has 4 aliphatic heterocycles. The van der Waals surface area contributed by atoms with Crippen LogP contribution in [0.15, 0.2) is 34.1 Å². The number of amides is 2. The van der Waals surface area contributed by atoms with Gasteiger partial charge in [-0.3, -0.25) is 33.4 Å². The van der Waals surface area contributed by atoms with Crippen LogP contribution in [0.1, 0.15) is 35.8 Å². The van der Waals surface area contributed by atoms with Crippen LogP contribution in [0.5, 0.6) is 11.5 Å². The van der Waals surface area contributed by atoms with Gasteiger partial charge in [-0.2, -0.15) is 0 Å². The van der Waals surface area contributed by atoms with Crippen molar-refractivity contribution in [2.45, 2.75) is 33.2 Å². The van der Waals surface area contributed by atoms with Crippen LogP contribution >= 0.6 is 0 Å². The van der Waals surface area contributed by atoms with Gasteiger partial charge in [-0.05, 0) is 0 Å². The third-order valence-corrected chi connectivity index (χ3v) is 6.63. The van der Waals surface area contributed by atoms with Crippen molar-refractivity contribution in [3.63, 3.8) is 0 Å². The number of carboxylic acids is 1. The lowest BCUT2D eigenvalue weighted by Crippen LogP contribution is -2.65. The Morgan fingerprint density at radius 2 is 1.39 bits per heavy atom. The second-order valence-electron chi connectivity index (χ2n) is 8.83. The number of fused-ring (bicyclic) bond motifs is 4. The molecule has 0 unspecified atom stereocenters. The minimum atomic E-state index is -1.17. The number of rotatable bonds is 3. The van der Waals surface area contributed by atoms with Crippen molar-refractivity contribution in [2.24, 2.45) is 0 Å². The number of carbonyl (C=O) groups is 3. The van der Waals surface area contributed by atoms with Crippen molar-refractivity contribution in [2.75, 3.05) is 58.0 Å². The number of aliphatic carboxylic acids is 1. The first-order chi connectivity index (χ1) is 18.8. The number of carbonyl (C=O) groups excluding carboxylic acids is 2. The summed E-state index contributed by atoms with van der Waals surface area (Å²) in [6, 6.07) is 1.51. The van der Waals surface area contributed by atoms with Crippen LogP contribution in [-0.4, -0.2) is 108 Å². The predicted molar refractivity (Wildman–Crippen MR) is 145 cm³/mol. The molecule has 4 aliphatic rings. The number of hydrogen-bond acceptors (Lipinski definition) is 11. The Morgan fingerprint density at radius 3 is 1.95 bits per heavy atom. The summed E-state index contributed by atoms with van der Waals surface area (Å²) in [4.78, 5) is 62.5. The van der Waals surface area contributed by atoms with Gasteiger partial charge in [0.25, 0.3) is 11.8 Å². The molecule has 2 saturated heterocycles. The van der Waals surface area contributed by atoms with Crippen molar-refractivity contribution in [1.29, 1.82) is 0 Å². The van der Waals surface area contributed by atoms with E-state index in [1.807, 2.05) is 0 Å². The Bertz CT molecular complexity index is 1440. The molecule has 0 radical (unpaired) electrons. The SMILES string of the molecule is C.C.COc1c2n(ccc1=O)N[C@@H]1COCCN1C2=O.COc1c2n(ccc1=O)N[C@@H]1COC[C@@H](C(=O)O)N1C2=O. The van der Waals surface area contributed by atoms with Gasteiger partial charge in [0, 0.05) is 31.1 Å². The number of pyridine rings is 2. The Morgan fingerprint density at radius 1 is 0.854 bits per heavy atom. The van der Waals surface area contributed by atoms with E-state index in [0.29, 0.717) is 19.8 Å². The number of ether oxygens (including phenoxy) is 4. The maximum atomic E-state index is 12.6. The van der Waals surface area contributed by atoms with Crippen LogP contribution < -0.4 is 31.2 Å². The first-order valence-electron chi connectivity index (χ1n) is 11.9. The number of nitrogens with one attached hydrogen (secondary N) is 2. The summed E-state index contributed by atoms with van der Waals surface area (Å²) in [6.07, 6.45) is 2.11. The van der Waals surface area contributed by atoms with Crippen LogP contribution in [0.2, 0.25) is 0 Å². The lowest BCUT2D eigenvalue weighted by Gasteiger charge is -2.44. The summed E-state index contributed by atoms with van der Waals surface area (Å²) in [5.41, 5.74) is 5.51. The number of morpholine rings is 2. The Labute approximate surface area is 234 Å². The topological polar surface area (TPSA) is 183 Å². The van der Waals surface area contributed by atoms with Crippen molar-refractivity contribution < 1.29 is 38.4 Å². The van der Waals surface area contributed by atoms with E-state index in [4.69, 9.17) is 18.9 Å². The monoisotopic (exact) mass is 578 g/mol. The van der Waals surface area contributed by atoms with Crippen LogP contribution in [0, 0.1) is 0 Å². The molecule has 2 aromatic rings. The van der Waals surface area contributed by atoms with Crippen LogP contribution in [0.4, 0.5) is 0 Å². The third kappa shape index (κ3) is 5.30. The molecule has 2 amide bonds. The van der Waals surface area contributed by atoms with Gasteiger partial charge in [-0.1, -0.05) is 14.9 Å². The standard InChI is InChI=1S/C12H13N3O6.C11H13N3O4.2CH4/c1-20-10-7(16)2-3-14-9(10)11(17)15-6(12(18)19)4-21-5-8(15)13-14;1-17-10-7(15)2-3-14-9(10)11(16)13-4-5-18-6-8(13)12-14;;/h2-3,6,8,13H,4-5H2,1H3,(H,18,19);2-3,8,12H,4-6H2,1H3;2*1H4/t6-,8-;8-;;/m00../s1. The number of aromatic nitrogens is 2. The highest BCUT2D eigenvalue weighted by atomic mass is 16.5. The van der Waals surface area contributed by atoms with Crippen molar-refractivity contribution >= 4 is 17.8 Å². The molecule has 0 saturated carbocycles. The predicted octanol–water partition coefficient (Wildman–Crippen LogP) is -0.850. The Kier molecular flexibility index (Phi) is 9.29. The van der Waals surface area contributed by atoms with Crippen LogP contribution in [0.3, 0.4) is 0 Å². The molecular formula is C25H34N6O10. The molecule has 224 valence electrons. The third-order valence-electron chi connectivity index (χ3n) is 6.63. The normalized spacial score (nSPS) is 21.9. The molecule has 0 spiro atoms. The molecule has 3 N–H and O–H groups in total. The lowest BCUT2D eigenvalue weighted by atomic mass is 10.1. The fourth-order valence-corrected chi connectivity index (χ4v) is 4.82. The fraction of sp³-hybridized carbons (Fsp3) is 0.480. The maximum absolute atomic E-state index is 12.6. The summed E-state index contributed by atoms with van der Waals surface area (Å²) in [6.45, 7) is 1.49. The Balaban J connectivity index is 0.000000217. The van der Waals surface area contributed by atoms with E-state index in [1.54, 1.807) is 4.90 Å². The second kappa shape index (κ2) is 12.3. The molecule has 0 bridgehead atoms. The van der Waals surface area contributed by atoms with Crippen LogP contribution in [-0.2, 0) is 14.3 Å². The number of methoxy groups -OCH3 is 2. The molecule has 2 aromatic heterocycles. The average Bonchev–Trinajstić information content (AvgIpc) is 2.94. The minimum absolute atomic E-state index is 0. The summed E-state index contributed by atoms with van der Waals surface area (Å²) < 4.78 is 23.4. The summed E-state index contributed by atoms with van der Waals surface area (Å²) in [5.74, 6) is -2.01. The Hall–Kier alpha value is -4.57. The smallest absolute Gasteiger partial charge is 0.328 e. The van der Waals surface area contributed by atoms with E-state index >= 15 is 0 Å². The molecule has 6 rings (SSSR count). The van der Waals surface area contributed by atoms with E-state index < -0.39 is 29.5 Å². The molecule has 41 heavy (non-hydrogen) atoms. The highest BCUT2D eigenvalue weighted by Crippen LogP contribution is 2.25. The molecule has 3 atom stereocenters. The molecule has 0 aromatic carbocycles. The quantitative estimate of drug-likeness (QED) is 0.411. The molecule has 0 aliphatic carbocycles. The van der Waals surface area contributed by atoms with Gasteiger partial charge < -0.3 is 39.8 Å². The summed E-state index contributed by atoms with van der Waals surface area (Å²) in [7, 11) is 2.67. The fourth-order valence-electron chi connectivity index (χ4n) is 4.82. The number of nitrogens with zero attached hydrogens (tertiary/aromatic N) is 4. The van der Waals surface area contributed by atoms with E-state index in [1.165, 1.54) is 53.0 Å². The zero-order valence-electron chi connectivity index (χ0n) is 21.0. The zero-order chi connectivity index (χ0) is 27.8. The molecule has 16 nitrogen and oxygen atoms in total. The number of carboxylic acid groups (broad SMARTS) is 1. The molecule has 6 heterocycles. The average molecular weight is 579 g/mol. The second-order valence-corrected chi connectivity index (χ2v) is 8.83. The van der Waals surface area contributed by atoms with Crippen molar-refractivity contribution in [3.05, 3.63) is 56.4 Å². The van der Waals surface area contributed by atoms with E-state index in [0.717, 1.165) is 0 Å². The van der Waals surface area contributed by atoms with Crippen molar-refractivity contribution in [3.8, 4) is 11.5 Å². The first kappa shape index (κ1) is 31.0. The highest BCUT2D eigenvalue weighted by molar-refractivity contribution is 5.99. The van der Waals surface area contributed by atoms with Gasteiger partial charge in [0.1, 0.15) is 12.3 Å². The molecule has 16 heteroatoms. The van der Waals surface area contributed by atoms with Crippen LogP contribution in [0.25, 0.3) is 0 Å². The lowest BCUT2D eigenvalue weighted by molar-refractivity contribution is -0.150. The van der Waals surface area contributed by atoms with E-state index in [9.17, 15) is 29.1 Å².